The van der Waals surface area contributed by atoms with Crippen LogP contribution < -0.4 is 0 Å². The summed E-state index contributed by atoms with van der Waals surface area (Å²) in [4.78, 5) is 12.9. The molecule has 49 heteroatoms. The van der Waals surface area contributed by atoms with Gasteiger partial charge in [-0.05, 0) is 0 Å². The van der Waals surface area contributed by atoms with E-state index >= 15 is 0 Å². The molecule has 2 nitrogen and oxygen atoms in total. The highest BCUT2D eigenvalue weighted by Gasteiger charge is 2.85. The summed E-state index contributed by atoms with van der Waals surface area (Å²) in [7, 11) is 0. The Morgan fingerprint density at radius 3 is 0.329 bits per heavy atom. The van der Waals surface area contributed by atoms with Crippen molar-refractivity contribution in [3.63, 3.8) is 0 Å². The molecule has 0 aliphatic rings. The molecule has 0 aromatic rings. The maximum absolute atomic E-state index is 12.9. The highest BCUT2D eigenvalue weighted by Crippen LogP contribution is 2.87. The molecule has 0 atom stereocenters. The Morgan fingerprint density at radius 2 is 0.247 bits per heavy atom. The van der Waals surface area contributed by atoms with Crippen molar-refractivity contribution in [2.45, 2.75) is 30.9 Å². The Labute approximate surface area is 1070 Å². The van der Waals surface area contributed by atoms with Gasteiger partial charge in [-0.1, -0.05) is 1060 Å². The van der Waals surface area contributed by atoms with Gasteiger partial charge in [0.25, 0.3) is 0 Å². The third-order valence-electron chi connectivity index (χ3n) is 8.91. The third kappa shape index (κ3) is 20.2. The molecule has 0 heterocycles. The molecule has 0 rings (SSSR count). The van der Waals surface area contributed by atoms with E-state index in [9.17, 15) is 9.90 Å². The minimum atomic E-state index is -1.07. The van der Waals surface area contributed by atoms with Crippen LogP contribution in [0.1, 0.15) is 0 Å². The smallest absolute Gasteiger partial charge is 0.332 e. The molecule has 0 aromatic heterocycles. The van der Waals surface area contributed by atoms with Crippen LogP contribution in [0.5, 0.6) is 0 Å². The number of hydrogen-bond acceptors (Lipinski definition) is 1. The van der Waals surface area contributed by atoms with Gasteiger partial charge in [0.05, 0.1) is 0 Å². The number of alkyl halides is 47. The zero-order valence-corrected chi connectivity index (χ0v) is 132. The van der Waals surface area contributed by atoms with Crippen LogP contribution in [0, 0.1) is 0 Å². The first-order valence-corrected chi connectivity index (χ1v) is 65.8. The lowest BCUT2D eigenvalue weighted by Gasteiger charge is -2.63. The average Bonchev–Trinajstić information content (AvgIpc) is 3.15. The summed E-state index contributed by atoms with van der Waals surface area (Å²) in [6.07, 6.45) is 0. The van der Waals surface area contributed by atoms with Gasteiger partial charge in [0.2, 0.25) is 0 Å². The van der Waals surface area contributed by atoms with Gasteiger partial charge in [0.15, 0.2) is 1.43 Å². The van der Waals surface area contributed by atoms with Crippen molar-refractivity contribution >= 4 is 1070 Å². The van der Waals surface area contributed by atoms with Crippen LogP contribution in [0.3, 0.4) is 0 Å². The summed E-state index contributed by atoms with van der Waals surface area (Å²) in [5.74, 6) is -0.822. The van der Waals surface area contributed by atoms with Crippen molar-refractivity contribution in [1.82, 2.24) is 0 Å². The maximum Gasteiger partial charge on any atom is 0.332 e. The molecule has 438 valence electrons. The molecule has 0 aliphatic carbocycles. The molecule has 0 amide bonds. The van der Waals surface area contributed by atoms with Gasteiger partial charge in [-0.25, -0.2) is 4.79 Å². The minimum Gasteiger partial charge on any atom is -0.480 e. The van der Waals surface area contributed by atoms with Crippen molar-refractivity contribution < 1.29 is 9.90 Å². The second kappa shape index (κ2) is 38.0. The summed E-state index contributed by atoms with van der Waals surface area (Å²) >= 11 is 129. The topological polar surface area (TPSA) is 37.3 Å². The number of rotatable bonds is 23. The fourth-order valence-electron chi connectivity index (χ4n) is 4.26. The van der Waals surface area contributed by atoms with Crippen molar-refractivity contribution in [2.75, 3.05) is 0 Å². The van der Waals surface area contributed by atoms with Gasteiger partial charge in [-0.3, -0.25) is 0 Å². The van der Waals surface area contributed by atoms with Crippen LogP contribution in [-0.4, -0.2) is 41.9 Å². The lowest BCUT2D eigenvalue weighted by molar-refractivity contribution is -0.136. The van der Waals surface area contributed by atoms with Crippen molar-refractivity contribution in [3.05, 3.63) is 0 Å². The van der Waals surface area contributed by atoms with E-state index in [1.807, 2.05) is 0 Å². The predicted octanol–water partition coefficient (Wildman–Crippen LogP) is 36.5. The Hall–Kier alpha value is 33.8. The molecule has 0 spiro atoms. The van der Waals surface area contributed by atoms with Crippen LogP contribution in [0.4, 0.5) is 0 Å². The number of carboxylic acid groups (broad SMARTS) is 1. The lowest BCUT2D eigenvalue weighted by atomic mass is 10.0. The Balaban J connectivity index is 8.17. The van der Waals surface area contributed by atoms with E-state index in [0.29, 0.717) is 0 Å². The maximum atomic E-state index is 12.9. The predicted molar refractivity (Wildman–Crippen MR) is 729 cm³/mol. The fourth-order valence-corrected chi connectivity index (χ4v) is 83.5. The number of halogens is 47. The zero-order chi connectivity index (χ0) is 61.1. The number of carbonyl (C=O) groups is 1. The van der Waals surface area contributed by atoms with Crippen LogP contribution in [-0.2, 0) is 4.79 Å². The Bertz CT molecular complexity index is 2040. The second-order valence-corrected chi connectivity index (χ2v) is 141. The Morgan fingerprint density at radius 1 is 0.164 bits per heavy atom. The molecule has 0 radical (unpaired) electrons. The van der Waals surface area contributed by atoms with E-state index in [2.05, 4.69) is 1060 Å². The highest BCUT2D eigenvalue weighted by atomic mass is 127. The summed E-state index contributed by atoms with van der Waals surface area (Å²) < 4.78 is -8.66. The first-order chi connectivity index (χ1) is 30.4. The quantitative estimate of drug-likeness (QED) is 0.0818. The van der Waals surface area contributed by atoms with Gasteiger partial charge < -0.3 is 5.11 Å². The van der Waals surface area contributed by atoms with Gasteiger partial charge in [-0.15, -0.1) is 0 Å². The van der Waals surface area contributed by atoms with Crippen molar-refractivity contribution in [1.29, 1.82) is 0 Å². The van der Waals surface area contributed by atoms with Gasteiger partial charge >= 0.3 is 5.97 Å². The largest absolute Gasteiger partial charge is 0.480 e. The summed E-state index contributed by atoms with van der Waals surface area (Å²) in [5.41, 5.74) is 0. The monoisotopic (exact) mass is 6290 g/mol. The molecule has 0 aromatic carbocycles. The SMILES string of the molecule is O=C(O)C(I)(I)C(I)(I)C(I)(I)C(I)(I)C(I)(I)C(I)(I)C(I)(I)C(I)(I)C(I)(I)C(I)(I)C(I)(I)C(I)(I)C(I)(I)C(I)(I)C(I)(I)C(I)(I)C(I)(I)C(I)(I)C(I)(I)C(I)(I)C(I)(I)C(I)(I)C(I)(I)I. The van der Waals surface area contributed by atoms with E-state index in [1.54, 1.807) is 0 Å². The van der Waals surface area contributed by atoms with Crippen LogP contribution in [0.15, 0.2) is 0 Å². The highest BCUT2D eigenvalue weighted by molar-refractivity contribution is 14.3. The van der Waals surface area contributed by atoms with Crippen molar-refractivity contribution in [3.8, 4) is 0 Å². The molecule has 0 aliphatic heterocycles. The van der Waals surface area contributed by atoms with E-state index in [0.717, 1.165) is 0 Å². The fraction of sp³-hybridized carbons (Fsp3) is 0.958. The van der Waals surface area contributed by atoms with Gasteiger partial charge in [0.1, 0.15) is 29.4 Å². The summed E-state index contributed by atoms with van der Waals surface area (Å²) in [6.45, 7) is 0. The standard InChI is InChI=1S/C24HI47O2/c25-2(26,1(72)73)3(27,28)4(29,30)5(31,32)6(33,34)7(35,36)8(37,38)9(39,40)10(41,42)11(43,44)12(45,46)13(47,48)14(49,50)15(51,52)16(53,54)17(55,56)18(57,58)19(59,60)20(61,62)21(63,64)22(65,66)23(67,68)24(69,70)71/h(H,72,73). The lowest BCUT2D eigenvalue weighted by Crippen LogP contribution is -2.74. The molecular formula is C24HI47O2. The zero-order valence-electron chi connectivity index (χ0n) is 30.6. The van der Waals surface area contributed by atoms with E-state index in [4.69, 9.17) is 0 Å². The molecular weight excluding hydrogens is 6280 g/mol. The molecule has 0 saturated carbocycles. The van der Waals surface area contributed by atoms with E-state index in [1.165, 1.54) is 0 Å². The molecule has 0 fully saturated rings. The molecule has 0 saturated heterocycles. The van der Waals surface area contributed by atoms with Crippen LogP contribution in [0.2, 0.25) is 0 Å². The minimum absolute atomic E-state index is 0.0362. The normalized spacial score (nSPS) is 17.4. The van der Waals surface area contributed by atoms with Gasteiger partial charge in [0, 0.05) is 0 Å². The average molecular weight is 6290 g/mol. The van der Waals surface area contributed by atoms with Crippen LogP contribution >= 0.6 is 1060 Å². The summed E-state index contributed by atoms with van der Waals surface area (Å²) in [6, 6.07) is 0. The second-order valence-electron chi connectivity index (χ2n) is 13.4. The number of hydrogen-bond donors (Lipinski definition) is 1. The van der Waals surface area contributed by atoms with Crippen LogP contribution in [0.25, 0.3) is 0 Å². The molecule has 73 heavy (non-hydrogen) atoms. The first-order valence-electron chi connectivity index (χ1n) is 15.1. The van der Waals surface area contributed by atoms with E-state index in [-0.39, 0.29) is 19.4 Å². The third-order valence-corrected chi connectivity index (χ3v) is 175. The Kier molecular flexibility index (Phi) is 55.6. The van der Waals surface area contributed by atoms with E-state index < -0.39 is 17.4 Å². The number of carboxylic acids is 1. The molecule has 1 N–H and O–H groups in total. The molecule has 0 bridgehead atoms. The number of aliphatic carboxylic acids is 1. The molecule has 0 unspecified atom stereocenters. The first kappa shape index (κ1) is 107. The van der Waals surface area contributed by atoms with Crippen molar-refractivity contribution in [2.24, 2.45) is 0 Å². The summed E-state index contributed by atoms with van der Waals surface area (Å²) in [5, 5.41) is 10.6. The van der Waals surface area contributed by atoms with Gasteiger partial charge in [-0.2, -0.15) is 0 Å².